The average molecular weight is 577 g/mol. The van der Waals surface area contributed by atoms with E-state index >= 15 is 0 Å². The molecule has 2 N–H and O–H groups in total. The summed E-state index contributed by atoms with van der Waals surface area (Å²) >= 11 is 0. The molecule has 0 bridgehead atoms. The Morgan fingerprint density at radius 2 is 1.75 bits per heavy atom. The number of phenols is 1. The molecule has 0 saturated carbocycles. The first-order valence-corrected chi connectivity index (χ1v) is 10.9. The fraction of sp³-hybridized carbons (Fsp3) is 0.217. The number of rotatable bonds is 2. The van der Waals surface area contributed by atoms with Crippen LogP contribution in [0.1, 0.15) is 5.56 Å². The minimum atomic E-state index is -5.14. The van der Waals surface area contributed by atoms with Crippen LogP contribution in [0.4, 0.5) is 46.6 Å². The molecule has 1 aliphatic heterocycles. The number of carbonyl (C=O) groups is 1. The second-order valence-electron chi connectivity index (χ2n) is 8.12. The minimum Gasteiger partial charge on any atom is -0.503 e. The molecular weight excluding hydrogens is 562 g/mol. The second kappa shape index (κ2) is 10.1. The molecule has 0 radical (unpaired) electrons. The summed E-state index contributed by atoms with van der Waals surface area (Å²) < 4.78 is 107. The monoisotopic (exact) mass is 577 g/mol. The lowest BCUT2D eigenvalue weighted by Gasteiger charge is -2.29. The van der Waals surface area contributed by atoms with Crippen LogP contribution in [0.25, 0.3) is 22.2 Å². The van der Waals surface area contributed by atoms with E-state index in [1.54, 1.807) is 24.5 Å². The van der Waals surface area contributed by atoms with Crippen LogP contribution in [0.5, 0.6) is 11.5 Å². The summed E-state index contributed by atoms with van der Waals surface area (Å²) in [6.07, 6.45) is -5.68. The molecule has 17 heteroatoms. The number of aliphatic carboxylic acids is 1. The van der Waals surface area contributed by atoms with E-state index in [2.05, 4.69) is 15.1 Å². The molecule has 0 amide bonds. The standard InChI is InChI=1S/C21H14F5N5O2.C2HF3O2/c1-30-13-7-16(31-4-5-33-15-2-3-27-9-14(15)31)28-8-11(13)19(29-30)10-6-12(21(24,25)26)18(23)20(32)17(10)22;3-2(4,5)1(6)7/h2-3,6-9,32H,4-5H2,1H3;(H,6,7). The van der Waals surface area contributed by atoms with Crippen LogP contribution in [-0.4, -0.2) is 55.3 Å². The zero-order valence-electron chi connectivity index (χ0n) is 19.8. The van der Waals surface area contributed by atoms with Crippen molar-refractivity contribution in [1.82, 2.24) is 19.7 Å². The number of pyridine rings is 2. The number of benzene rings is 1. The van der Waals surface area contributed by atoms with Crippen LogP contribution in [-0.2, 0) is 18.0 Å². The number of carboxylic acid groups (broad SMARTS) is 1. The Bertz CT molecular complexity index is 1600. The van der Waals surface area contributed by atoms with Gasteiger partial charge in [0.05, 0.1) is 23.8 Å². The van der Waals surface area contributed by atoms with Crippen LogP contribution in [0, 0.1) is 11.6 Å². The van der Waals surface area contributed by atoms with E-state index < -0.39 is 46.8 Å². The van der Waals surface area contributed by atoms with Gasteiger partial charge in [-0.25, -0.2) is 18.6 Å². The van der Waals surface area contributed by atoms with Crippen molar-refractivity contribution in [3.05, 3.63) is 54.0 Å². The van der Waals surface area contributed by atoms with Gasteiger partial charge in [0.15, 0.2) is 17.4 Å². The molecule has 0 atom stereocenters. The van der Waals surface area contributed by atoms with Gasteiger partial charge in [0.2, 0.25) is 0 Å². The third-order valence-corrected chi connectivity index (χ3v) is 5.60. The topological polar surface area (TPSA) is 114 Å². The number of nitrogens with zero attached hydrogens (tertiary/aromatic N) is 5. The van der Waals surface area contributed by atoms with Crippen LogP contribution in [0.3, 0.4) is 0 Å². The van der Waals surface area contributed by atoms with Gasteiger partial charge >= 0.3 is 18.3 Å². The number of phenolic OH excluding ortho intramolecular Hbond substituents is 1. The Morgan fingerprint density at radius 3 is 2.38 bits per heavy atom. The van der Waals surface area contributed by atoms with Crippen LogP contribution in [0.2, 0.25) is 0 Å². The second-order valence-corrected chi connectivity index (χ2v) is 8.12. The van der Waals surface area contributed by atoms with E-state index in [-0.39, 0.29) is 11.1 Å². The van der Waals surface area contributed by atoms with E-state index in [0.29, 0.717) is 42.0 Å². The predicted octanol–water partition coefficient (Wildman–Crippen LogP) is 5.20. The highest BCUT2D eigenvalue weighted by Gasteiger charge is 2.39. The lowest BCUT2D eigenvalue weighted by Crippen LogP contribution is -2.29. The number of ether oxygens (including phenoxy) is 1. The Balaban J connectivity index is 0.000000470. The van der Waals surface area contributed by atoms with Gasteiger partial charge in [-0.2, -0.15) is 31.4 Å². The molecule has 40 heavy (non-hydrogen) atoms. The number of fused-ring (bicyclic) bond motifs is 2. The van der Waals surface area contributed by atoms with Gasteiger partial charge in [-0.15, -0.1) is 0 Å². The molecule has 0 aliphatic carbocycles. The van der Waals surface area contributed by atoms with Crippen molar-refractivity contribution < 1.29 is 54.9 Å². The van der Waals surface area contributed by atoms with Gasteiger partial charge in [-0.05, 0) is 6.07 Å². The number of halogens is 8. The number of hydrogen-bond acceptors (Lipinski definition) is 7. The number of aryl methyl sites for hydroxylation is 1. The number of alkyl halides is 6. The number of hydrogen-bond donors (Lipinski definition) is 2. The van der Waals surface area contributed by atoms with E-state index in [0.717, 1.165) is 0 Å². The molecule has 9 nitrogen and oxygen atoms in total. The maximum atomic E-state index is 14.6. The molecule has 4 heterocycles. The highest BCUT2D eigenvalue weighted by atomic mass is 19.4. The quantitative estimate of drug-likeness (QED) is 0.313. The van der Waals surface area contributed by atoms with Gasteiger partial charge in [0.25, 0.3) is 0 Å². The van der Waals surface area contributed by atoms with Crippen molar-refractivity contribution in [2.45, 2.75) is 12.4 Å². The van der Waals surface area contributed by atoms with Gasteiger partial charge in [0, 0.05) is 42.5 Å². The largest absolute Gasteiger partial charge is 0.503 e. The van der Waals surface area contributed by atoms with Crippen LogP contribution < -0.4 is 9.64 Å². The van der Waals surface area contributed by atoms with Gasteiger partial charge in [-0.3, -0.25) is 9.67 Å². The molecule has 212 valence electrons. The van der Waals surface area contributed by atoms with Gasteiger partial charge < -0.3 is 19.8 Å². The predicted molar refractivity (Wildman–Crippen MR) is 121 cm³/mol. The first kappa shape index (κ1) is 28.3. The molecule has 5 rings (SSSR count). The first-order chi connectivity index (χ1) is 18.6. The molecule has 1 aliphatic rings. The fourth-order valence-electron chi connectivity index (χ4n) is 3.79. The average Bonchev–Trinajstić information content (AvgIpc) is 3.21. The first-order valence-electron chi connectivity index (χ1n) is 10.9. The Kier molecular flexibility index (Phi) is 7.16. The molecular formula is C23H15F8N5O4. The summed E-state index contributed by atoms with van der Waals surface area (Å²) in [6, 6.07) is 3.65. The number of aromatic hydroxyl groups is 1. The summed E-state index contributed by atoms with van der Waals surface area (Å²) in [5.74, 6) is -6.99. The van der Waals surface area contributed by atoms with E-state index in [1.807, 2.05) is 4.90 Å². The van der Waals surface area contributed by atoms with Crippen molar-refractivity contribution in [2.24, 2.45) is 7.05 Å². The van der Waals surface area contributed by atoms with Crippen LogP contribution >= 0.6 is 0 Å². The van der Waals surface area contributed by atoms with Crippen molar-refractivity contribution in [2.75, 3.05) is 18.1 Å². The molecule has 0 spiro atoms. The SMILES string of the molecule is Cn1nc(-c2cc(C(F)(F)F)c(F)c(O)c2F)c2cnc(N3CCOc4ccncc43)cc21.O=C(O)C(F)(F)F. The smallest absolute Gasteiger partial charge is 0.490 e. The summed E-state index contributed by atoms with van der Waals surface area (Å²) in [7, 11) is 1.52. The summed E-state index contributed by atoms with van der Waals surface area (Å²) in [5.41, 5.74) is -1.58. The summed E-state index contributed by atoms with van der Waals surface area (Å²) in [6.45, 7) is 0.866. The Labute approximate surface area is 217 Å². The van der Waals surface area contributed by atoms with E-state index in [9.17, 15) is 40.2 Å². The third-order valence-electron chi connectivity index (χ3n) is 5.60. The summed E-state index contributed by atoms with van der Waals surface area (Å²) in [4.78, 5) is 19.2. The van der Waals surface area contributed by atoms with E-state index in [4.69, 9.17) is 14.6 Å². The van der Waals surface area contributed by atoms with Gasteiger partial charge in [-0.1, -0.05) is 0 Å². The number of anilines is 2. The van der Waals surface area contributed by atoms with Crippen molar-refractivity contribution in [3.63, 3.8) is 0 Å². The highest BCUT2D eigenvalue weighted by molar-refractivity contribution is 5.95. The minimum absolute atomic E-state index is 0.214. The van der Waals surface area contributed by atoms with E-state index in [1.165, 1.54) is 17.9 Å². The normalized spacial score (nSPS) is 13.4. The maximum Gasteiger partial charge on any atom is 0.490 e. The molecule has 0 unspecified atom stereocenters. The molecule has 0 saturated heterocycles. The van der Waals surface area contributed by atoms with Crippen molar-refractivity contribution in [3.8, 4) is 22.8 Å². The van der Waals surface area contributed by atoms with Crippen molar-refractivity contribution in [1.29, 1.82) is 0 Å². The third kappa shape index (κ3) is 5.26. The molecule has 4 aromatic rings. The molecule has 1 aromatic carbocycles. The Morgan fingerprint density at radius 1 is 1.07 bits per heavy atom. The summed E-state index contributed by atoms with van der Waals surface area (Å²) in [5, 5.41) is 21.1. The zero-order valence-corrected chi connectivity index (χ0v) is 19.8. The lowest BCUT2D eigenvalue weighted by molar-refractivity contribution is -0.192. The Hall–Kier alpha value is -4.70. The molecule has 0 fully saturated rings. The van der Waals surface area contributed by atoms with Crippen LogP contribution in [0.15, 0.2) is 36.8 Å². The highest BCUT2D eigenvalue weighted by Crippen LogP contribution is 2.42. The maximum absolute atomic E-state index is 14.6. The van der Waals surface area contributed by atoms with Crippen molar-refractivity contribution >= 4 is 28.4 Å². The van der Waals surface area contributed by atoms with Gasteiger partial charge in [0.1, 0.15) is 29.6 Å². The number of aromatic nitrogens is 4. The fourth-order valence-corrected chi connectivity index (χ4v) is 3.79. The number of carboxylic acids is 1. The zero-order chi connectivity index (χ0) is 29.6. The molecule has 3 aromatic heterocycles. The lowest BCUT2D eigenvalue weighted by atomic mass is 10.0.